The van der Waals surface area contributed by atoms with Crippen LogP contribution in [0.5, 0.6) is 0 Å². The average Bonchev–Trinajstić information content (AvgIpc) is 2.62. The first-order valence-electron chi connectivity index (χ1n) is 7.73. The maximum Gasteiger partial charge on any atom is 0.418 e. The van der Waals surface area contributed by atoms with E-state index in [2.05, 4.69) is 15.3 Å². The highest BCUT2D eigenvalue weighted by Crippen LogP contribution is 2.34. The summed E-state index contributed by atoms with van der Waals surface area (Å²) in [6.07, 6.45) is -3.25. The van der Waals surface area contributed by atoms with Crippen LogP contribution < -0.4 is 5.32 Å². The van der Waals surface area contributed by atoms with Gasteiger partial charge in [-0.25, -0.2) is 9.97 Å². The smallest absolute Gasteiger partial charge is 0.321 e. The Bertz CT molecular complexity index is 940. The van der Waals surface area contributed by atoms with Gasteiger partial charge in [-0.3, -0.25) is 4.79 Å². The highest BCUT2D eigenvalue weighted by molar-refractivity contribution is 6.05. The minimum absolute atomic E-state index is 0.113. The zero-order valence-electron chi connectivity index (χ0n) is 13.7. The molecule has 26 heavy (non-hydrogen) atoms. The number of carbonyl (C=O) groups is 1. The summed E-state index contributed by atoms with van der Waals surface area (Å²) in [6.45, 7) is 1.61. The number of rotatable bonds is 3. The Labute approximate surface area is 147 Å². The van der Waals surface area contributed by atoms with E-state index in [0.717, 1.165) is 11.6 Å². The highest BCUT2D eigenvalue weighted by Gasteiger charge is 2.33. The summed E-state index contributed by atoms with van der Waals surface area (Å²) < 4.78 is 39.1. The SMILES string of the molecule is Cc1nc(-c2ccccc2)ncc1C(=O)Nc1ccccc1C(F)(F)F. The van der Waals surface area contributed by atoms with E-state index < -0.39 is 17.6 Å². The molecule has 1 heterocycles. The molecule has 3 rings (SSSR count). The van der Waals surface area contributed by atoms with Crippen LogP contribution in [0.25, 0.3) is 11.4 Å². The van der Waals surface area contributed by atoms with Crippen molar-refractivity contribution in [2.75, 3.05) is 5.32 Å². The number of nitrogens with one attached hydrogen (secondary N) is 1. The lowest BCUT2D eigenvalue weighted by Crippen LogP contribution is -2.18. The van der Waals surface area contributed by atoms with Crippen LogP contribution in [0, 0.1) is 6.92 Å². The molecule has 1 aromatic heterocycles. The summed E-state index contributed by atoms with van der Waals surface area (Å²) in [5, 5.41) is 2.29. The first-order valence-corrected chi connectivity index (χ1v) is 7.73. The van der Waals surface area contributed by atoms with E-state index in [1.807, 2.05) is 30.3 Å². The third kappa shape index (κ3) is 3.72. The van der Waals surface area contributed by atoms with E-state index in [1.165, 1.54) is 24.4 Å². The molecule has 0 aliphatic rings. The summed E-state index contributed by atoms with van der Waals surface area (Å²) in [7, 11) is 0. The van der Waals surface area contributed by atoms with E-state index in [0.29, 0.717) is 11.5 Å². The Morgan fingerprint density at radius 2 is 1.65 bits per heavy atom. The number of benzene rings is 2. The fourth-order valence-corrected chi connectivity index (χ4v) is 2.45. The van der Waals surface area contributed by atoms with E-state index in [9.17, 15) is 18.0 Å². The molecule has 1 amide bonds. The lowest BCUT2D eigenvalue weighted by molar-refractivity contribution is -0.136. The van der Waals surface area contributed by atoms with Gasteiger partial charge in [0, 0.05) is 11.8 Å². The summed E-state index contributed by atoms with van der Waals surface area (Å²) in [5.41, 5.74) is 0.0526. The van der Waals surface area contributed by atoms with Gasteiger partial charge in [0.25, 0.3) is 5.91 Å². The standard InChI is InChI=1S/C19H14F3N3O/c1-12-14(11-23-17(24-12)13-7-3-2-4-8-13)18(26)25-16-10-6-5-9-15(16)19(20,21)22/h2-11H,1H3,(H,25,26). The molecule has 0 spiro atoms. The van der Waals surface area contributed by atoms with Crippen molar-refractivity contribution in [3.63, 3.8) is 0 Å². The number of hydrogen-bond donors (Lipinski definition) is 1. The van der Waals surface area contributed by atoms with Crippen LogP contribution in [0.2, 0.25) is 0 Å². The van der Waals surface area contributed by atoms with Crippen molar-refractivity contribution >= 4 is 11.6 Å². The number of hydrogen-bond acceptors (Lipinski definition) is 3. The van der Waals surface area contributed by atoms with Gasteiger partial charge in [0.05, 0.1) is 22.5 Å². The third-order valence-electron chi connectivity index (χ3n) is 3.74. The molecule has 4 nitrogen and oxygen atoms in total. The van der Waals surface area contributed by atoms with Crippen LogP contribution in [-0.4, -0.2) is 15.9 Å². The van der Waals surface area contributed by atoms with Crippen molar-refractivity contribution in [3.8, 4) is 11.4 Å². The van der Waals surface area contributed by atoms with E-state index >= 15 is 0 Å². The van der Waals surface area contributed by atoms with E-state index in [-0.39, 0.29) is 11.3 Å². The van der Waals surface area contributed by atoms with Crippen molar-refractivity contribution in [2.45, 2.75) is 13.1 Å². The van der Waals surface area contributed by atoms with Gasteiger partial charge < -0.3 is 5.32 Å². The van der Waals surface area contributed by atoms with Crippen molar-refractivity contribution < 1.29 is 18.0 Å². The Hall–Kier alpha value is -3.22. The molecule has 0 aliphatic carbocycles. The quantitative estimate of drug-likeness (QED) is 0.738. The zero-order valence-corrected chi connectivity index (χ0v) is 13.7. The highest BCUT2D eigenvalue weighted by atomic mass is 19.4. The van der Waals surface area contributed by atoms with Gasteiger partial charge >= 0.3 is 6.18 Å². The normalized spacial score (nSPS) is 11.2. The predicted molar refractivity (Wildman–Crippen MR) is 91.6 cm³/mol. The summed E-state index contributed by atoms with van der Waals surface area (Å²) in [4.78, 5) is 20.8. The van der Waals surface area contributed by atoms with Gasteiger partial charge in [-0.15, -0.1) is 0 Å². The van der Waals surface area contributed by atoms with E-state index in [4.69, 9.17) is 0 Å². The maximum atomic E-state index is 13.0. The van der Waals surface area contributed by atoms with Crippen LogP contribution >= 0.6 is 0 Å². The average molecular weight is 357 g/mol. The molecule has 0 unspecified atom stereocenters. The monoisotopic (exact) mass is 357 g/mol. The van der Waals surface area contributed by atoms with Crippen LogP contribution in [0.1, 0.15) is 21.6 Å². The molecule has 0 fully saturated rings. The van der Waals surface area contributed by atoms with Crippen molar-refractivity contribution in [2.24, 2.45) is 0 Å². The number of carbonyl (C=O) groups excluding carboxylic acids is 1. The molecule has 2 aromatic carbocycles. The first kappa shape index (κ1) is 17.6. The summed E-state index contributed by atoms with van der Waals surface area (Å²) in [5.74, 6) is -0.255. The maximum absolute atomic E-state index is 13.0. The van der Waals surface area contributed by atoms with Gasteiger partial charge in [-0.1, -0.05) is 42.5 Å². The predicted octanol–water partition coefficient (Wildman–Crippen LogP) is 4.72. The van der Waals surface area contributed by atoms with Crippen molar-refractivity contribution in [3.05, 3.63) is 77.6 Å². The number of nitrogens with zero attached hydrogens (tertiary/aromatic N) is 2. The molecule has 0 bridgehead atoms. The third-order valence-corrected chi connectivity index (χ3v) is 3.74. The van der Waals surface area contributed by atoms with Gasteiger partial charge in [0.15, 0.2) is 5.82 Å². The zero-order chi connectivity index (χ0) is 18.7. The lowest BCUT2D eigenvalue weighted by atomic mass is 10.1. The Kier molecular flexibility index (Phi) is 4.71. The molecule has 0 radical (unpaired) electrons. The molecule has 0 saturated heterocycles. The van der Waals surface area contributed by atoms with Gasteiger partial charge in [-0.2, -0.15) is 13.2 Å². The number of halogens is 3. The van der Waals surface area contributed by atoms with Crippen LogP contribution in [0.3, 0.4) is 0 Å². The topological polar surface area (TPSA) is 54.9 Å². The van der Waals surface area contributed by atoms with Crippen molar-refractivity contribution in [1.29, 1.82) is 0 Å². The van der Waals surface area contributed by atoms with E-state index in [1.54, 1.807) is 6.92 Å². The van der Waals surface area contributed by atoms with Crippen LogP contribution in [0.4, 0.5) is 18.9 Å². The number of alkyl halides is 3. The molecule has 132 valence electrons. The Morgan fingerprint density at radius 1 is 1.00 bits per heavy atom. The van der Waals surface area contributed by atoms with Crippen molar-refractivity contribution in [1.82, 2.24) is 9.97 Å². The first-order chi connectivity index (χ1) is 12.4. The van der Waals surface area contributed by atoms with Crippen LogP contribution in [0.15, 0.2) is 60.8 Å². The molecular weight excluding hydrogens is 343 g/mol. The van der Waals surface area contributed by atoms with Gasteiger partial charge in [0.2, 0.25) is 0 Å². The number of aromatic nitrogens is 2. The molecular formula is C19H14F3N3O. The fraction of sp³-hybridized carbons (Fsp3) is 0.105. The molecule has 0 atom stereocenters. The number of anilines is 1. The lowest BCUT2D eigenvalue weighted by Gasteiger charge is -2.14. The minimum atomic E-state index is -4.56. The number of para-hydroxylation sites is 1. The minimum Gasteiger partial charge on any atom is -0.321 e. The largest absolute Gasteiger partial charge is 0.418 e. The summed E-state index contributed by atoms with van der Waals surface area (Å²) >= 11 is 0. The number of aryl methyl sites for hydroxylation is 1. The molecule has 0 saturated carbocycles. The molecule has 7 heteroatoms. The second-order valence-electron chi connectivity index (χ2n) is 5.56. The number of amides is 1. The second-order valence-corrected chi connectivity index (χ2v) is 5.56. The second kappa shape index (κ2) is 6.95. The van der Waals surface area contributed by atoms with Gasteiger partial charge in [0.1, 0.15) is 0 Å². The van der Waals surface area contributed by atoms with Crippen LogP contribution in [-0.2, 0) is 6.18 Å². The molecule has 3 aromatic rings. The van der Waals surface area contributed by atoms with Gasteiger partial charge in [-0.05, 0) is 19.1 Å². The Balaban J connectivity index is 1.88. The molecule has 1 N–H and O–H groups in total. The summed E-state index contributed by atoms with van der Waals surface area (Å²) in [6, 6.07) is 14.0. The fourth-order valence-electron chi connectivity index (χ4n) is 2.45. The molecule has 0 aliphatic heterocycles. The Morgan fingerprint density at radius 3 is 2.31 bits per heavy atom.